The lowest BCUT2D eigenvalue weighted by Gasteiger charge is -2.19. The van der Waals surface area contributed by atoms with E-state index in [4.69, 9.17) is 4.74 Å². The monoisotopic (exact) mass is 435 g/mol. The highest BCUT2D eigenvalue weighted by atomic mass is 32.2. The van der Waals surface area contributed by atoms with Crippen LogP contribution in [-0.2, 0) is 10.5 Å². The number of anilines is 2. The first kappa shape index (κ1) is 22.4. The third kappa shape index (κ3) is 7.46. The van der Waals surface area contributed by atoms with Crippen LogP contribution in [0.3, 0.4) is 0 Å². The molecule has 0 aliphatic rings. The molecule has 1 heterocycles. The molecule has 2 amide bonds. The Morgan fingerprint density at radius 1 is 0.935 bits per heavy atom. The fraction of sp³-hybridized carbons (Fsp3) is 0.208. The predicted molar refractivity (Wildman–Crippen MR) is 124 cm³/mol. The first-order chi connectivity index (χ1) is 14.8. The molecular weight excluding hydrogens is 410 g/mol. The van der Waals surface area contributed by atoms with Crippen LogP contribution in [-0.4, -0.2) is 22.6 Å². The van der Waals surface area contributed by atoms with Gasteiger partial charge in [0.25, 0.3) is 5.91 Å². The average Bonchev–Trinajstić information content (AvgIpc) is 2.73. The van der Waals surface area contributed by atoms with Crippen molar-refractivity contribution in [1.82, 2.24) is 4.98 Å². The molecule has 0 atom stereocenters. The summed E-state index contributed by atoms with van der Waals surface area (Å²) in [7, 11) is 0. The average molecular weight is 436 g/mol. The number of thioether (sulfide) groups is 1. The van der Waals surface area contributed by atoms with Crippen molar-refractivity contribution >= 4 is 35.1 Å². The van der Waals surface area contributed by atoms with E-state index >= 15 is 0 Å². The summed E-state index contributed by atoms with van der Waals surface area (Å²) in [5.41, 5.74) is 2.35. The minimum atomic E-state index is -0.573. The van der Waals surface area contributed by atoms with Crippen LogP contribution in [0.5, 0.6) is 0 Å². The van der Waals surface area contributed by atoms with E-state index in [1.807, 2.05) is 42.6 Å². The Bertz CT molecular complexity index is 1010. The number of pyridine rings is 1. The van der Waals surface area contributed by atoms with Crippen molar-refractivity contribution < 1.29 is 14.3 Å². The number of rotatable bonds is 6. The van der Waals surface area contributed by atoms with Crippen LogP contribution in [0.25, 0.3) is 0 Å². The van der Waals surface area contributed by atoms with Gasteiger partial charge in [-0.15, -0.1) is 11.8 Å². The largest absolute Gasteiger partial charge is 0.444 e. The summed E-state index contributed by atoms with van der Waals surface area (Å²) in [5.74, 6) is 0.614. The zero-order chi connectivity index (χ0) is 22.3. The minimum Gasteiger partial charge on any atom is -0.444 e. The van der Waals surface area contributed by atoms with Crippen LogP contribution in [0.4, 0.5) is 16.2 Å². The number of ether oxygens (including phenoxy) is 1. The molecule has 0 bridgehead atoms. The Labute approximate surface area is 186 Å². The van der Waals surface area contributed by atoms with Crippen LogP contribution in [0.15, 0.2) is 78.0 Å². The molecule has 1 aromatic heterocycles. The van der Waals surface area contributed by atoms with Crippen LogP contribution < -0.4 is 10.6 Å². The van der Waals surface area contributed by atoms with Crippen molar-refractivity contribution in [2.45, 2.75) is 37.0 Å². The van der Waals surface area contributed by atoms with E-state index in [-0.39, 0.29) is 5.91 Å². The molecule has 0 aliphatic heterocycles. The smallest absolute Gasteiger partial charge is 0.412 e. The van der Waals surface area contributed by atoms with E-state index in [2.05, 4.69) is 15.6 Å². The van der Waals surface area contributed by atoms with Gasteiger partial charge in [-0.25, -0.2) is 4.79 Å². The van der Waals surface area contributed by atoms with Crippen molar-refractivity contribution in [3.8, 4) is 0 Å². The SMILES string of the molecule is CC(C)(C)OC(=O)Nc1ccc(C(=O)Nc2ccc(SCc3cccnc3)cc2)cc1. The fourth-order valence-electron chi connectivity index (χ4n) is 2.61. The predicted octanol–water partition coefficient (Wildman–Crippen LogP) is 5.97. The molecule has 160 valence electrons. The van der Waals surface area contributed by atoms with Crippen molar-refractivity contribution in [3.05, 3.63) is 84.2 Å². The number of nitrogens with zero attached hydrogens (tertiary/aromatic N) is 1. The fourth-order valence-corrected chi connectivity index (χ4v) is 3.45. The Kier molecular flexibility index (Phi) is 7.31. The van der Waals surface area contributed by atoms with E-state index in [0.717, 1.165) is 16.2 Å². The lowest BCUT2D eigenvalue weighted by molar-refractivity contribution is 0.0636. The number of benzene rings is 2. The summed E-state index contributed by atoms with van der Waals surface area (Å²) < 4.78 is 5.22. The summed E-state index contributed by atoms with van der Waals surface area (Å²) >= 11 is 1.71. The standard InChI is InChI=1S/C24H25N3O3S/c1-24(2,3)30-23(29)27-20-8-6-18(7-9-20)22(28)26-19-10-12-21(13-11-19)31-16-17-5-4-14-25-15-17/h4-15H,16H2,1-3H3,(H,26,28)(H,27,29). The van der Waals surface area contributed by atoms with Crippen molar-refractivity contribution in [2.24, 2.45) is 0 Å². The van der Waals surface area contributed by atoms with E-state index in [1.54, 1.807) is 63.0 Å². The summed E-state index contributed by atoms with van der Waals surface area (Å²) in [4.78, 5) is 29.5. The van der Waals surface area contributed by atoms with Crippen LogP contribution >= 0.6 is 11.8 Å². The molecule has 3 aromatic rings. The Morgan fingerprint density at radius 2 is 1.58 bits per heavy atom. The topological polar surface area (TPSA) is 80.3 Å². The van der Waals surface area contributed by atoms with E-state index < -0.39 is 11.7 Å². The summed E-state index contributed by atoms with van der Waals surface area (Å²) in [6.45, 7) is 5.39. The van der Waals surface area contributed by atoms with Crippen LogP contribution in [0.2, 0.25) is 0 Å². The molecule has 7 heteroatoms. The molecular formula is C24H25N3O3S. The summed E-state index contributed by atoms with van der Waals surface area (Å²) in [6, 6.07) is 18.3. The van der Waals surface area contributed by atoms with E-state index in [0.29, 0.717) is 16.9 Å². The molecule has 0 unspecified atom stereocenters. The van der Waals surface area contributed by atoms with Gasteiger partial charge in [0.1, 0.15) is 5.60 Å². The molecule has 0 aliphatic carbocycles. The zero-order valence-corrected chi connectivity index (χ0v) is 18.5. The Morgan fingerprint density at radius 3 is 2.19 bits per heavy atom. The molecule has 0 radical (unpaired) electrons. The lowest BCUT2D eigenvalue weighted by atomic mass is 10.2. The quantitative estimate of drug-likeness (QED) is 0.466. The second kappa shape index (κ2) is 10.1. The highest BCUT2D eigenvalue weighted by Gasteiger charge is 2.16. The second-order valence-corrected chi connectivity index (χ2v) is 8.88. The Hall–Kier alpha value is -3.32. The molecule has 0 fully saturated rings. The highest BCUT2D eigenvalue weighted by Crippen LogP contribution is 2.24. The van der Waals surface area contributed by atoms with Crippen LogP contribution in [0.1, 0.15) is 36.7 Å². The zero-order valence-electron chi connectivity index (χ0n) is 17.7. The molecule has 2 aromatic carbocycles. The lowest BCUT2D eigenvalue weighted by Crippen LogP contribution is -2.27. The van der Waals surface area contributed by atoms with Crippen molar-refractivity contribution in [2.75, 3.05) is 10.6 Å². The van der Waals surface area contributed by atoms with Gasteiger partial charge in [0.2, 0.25) is 0 Å². The normalized spacial score (nSPS) is 10.9. The number of hydrogen-bond acceptors (Lipinski definition) is 5. The van der Waals surface area contributed by atoms with Gasteiger partial charge in [-0.1, -0.05) is 6.07 Å². The Balaban J connectivity index is 1.52. The third-order valence-electron chi connectivity index (χ3n) is 4.03. The van der Waals surface area contributed by atoms with E-state index in [1.165, 1.54) is 0 Å². The van der Waals surface area contributed by atoms with Gasteiger partial charge in [-0.2, -0.15) is 0 Å². The number of amides is 2. The molecule has 2 N–H and O–H groups in total. The van der Waals surface area contributed by atoms with Crippen molar-refractivity contribution in [1.29, 1.82) is 0 Å². The van der Waals surface area contributed by atoms with Gasteiger partial charge in [0, 0.05) is 40.0 Å². The van der Waals surface area contributed by atoms with E-state index in [9.17, 15) is 9.59 Å². The van der Waals surface area contributed by atoms with Gasteiger partial charge in [-0.05, 0) is 80.9 Å². The maximum atomic E-state index is 12.5. The maximum absolute atomic E-state index is 12.5. The maximum Gasteiger partial charge on any atom is 0.412 e. The number of nitrogens with one attached hydrogen (secondary N) is 2. The number of hydrogen-bond donors (Lipinski definition) is 2. The minimum absolute atomic E-state index is 0.223. The van der Waals surface area contributed by atoms with Crippen LogP contribution in [0, 0.1) is 0 Å². The highest BCUT2D eigenvalue weighted by molar-refractivity contribution is 7.98. The summed E-state index contributed by atoms with van der Waals surface area (Å²) in [6.07, 6.45) is 3.08. The number of carbonyl (C=O) groups excluding carboxylic acids is 2. The summed E-state index contributed by atoms with van der Waals surface area (Å²) in [5, 5.41) is 5.53. The third-order valence-corrected chi connectivity index (χ3v) is 5.12. The molecule has 6 nitrogen and oxygen atoms in total. The first-order valence-corrected chi connectivity index (χ1v) is 10.8. The second-order valence-electron chi connectivity index (χ2n) is 7.83. The molecule has 31 heavy (non-hydrogen) atoms. The molecule has 0 saturated carbocycles. The molecule has 3 rings (SSSR count). The first-order valence-electron chi connectivity index (χ1n) is 9.82. The molecule has 0 spiro atoms. The van der Waals surface area contributed by atoms with Gasteiger partial charge >= 0.3 is 6.09 Å². The van der Waals surface area contributed by atoms with Gasteiger partial charge in [0.05, 0.1) is 0 Å². The number of carbonyl (C=O) groups is 2. The van der Waals surface area contributed by atoms with Gasteiger partial charge in [-0.3, -0.25) is 15.1 Å². The van der Waals surface area contributed by atoms with Gasteiger partial charge in [0.15, 0.2) is 0 Å². The molecule has 0 saturated heterocycles. The van der Waals surface area contributed by atoms with Gasteiger partial charge < -0.3 is 10.1 Å². The van der Waals surface area contributed by atoms with Crippen molar-refractivity contribution in [3.63, 3.8) is 0 Å². The number of aromatic nitrogens is 1.